The van der Waals surface area contributed by atoms with Gasteiger partial charge in [-0.15, -0.1) is 5.10 Å². The van der Waals surface area contributed by atoms with Gasteiger partial charge in [-0.1, -0.05) is 21.2 Å². The number of aromatic nitrogens is 2. The predicted octanol–water partition coefficient (Wildman–Crippen LogP) is 1.85. The highest BCUT2D eigenvalue weighted by Crippen LogP contribution is 2.24. The number of aryl methyl sites for hydroxylation is 1. The van der Waals surface area contributed by atoms with Crippen molar-refractivity contribution in [2.45, 2.75) is 6.92 Å². The maximum absolute atomic E-state index is 12.0. The van der Waals surface area contributed by atoms with E-state index in [0.29, 0.717) is 26.8 Å². The van der Waals surface area contributed by atoms with Crippen LogP contribution in [0, 0.1) is 6.92 Å². The Morgan fingerprint density at radius 1 is 1.55 bits per heavy atom. The second-order valence-corrected chi connectivity index (χ2v) is 4.98. The quantitative estimate of drug-likeness (QED) is 0.346. The molecular weight excluding hydrogens is 302 g/mol. The first-order valence-corrected chi connectivity index (χ1v) is 6.56. The van der Waals surface area contributed by atoms with Crippen molar-refractivity contribution in [2.24, 2.45) is 10.9 Å². The summed E-state index contributed by atoms with van der Waals surface area (Å²) in [4.78, 5) is 12.4. The molecule has 0 aliphatic rings. The van der Waals surface area contributed by atoms with Crippen molar-refractivity contribution in [2.75, 3.05) is 5.32 Å². The fourth-order valence-corrected chi connectivity index (χ4v) is 2.17. The first-order valence-electron chi connectivity index (χ1n) is 5.40. The van der Waals surface area contributed by atoms with Crippen LogP contribution in [-0.4, -0.2) is 26.5 Å². The molecular formula is C11H10ClN5O2S. The van der Waals surface area contributed by atoms with E-state index in [1.807, 2.05) is 0 Å². The van der Waals surface area contributed by atoms with Gasteiger partial charge in [-0.25, -0.2) is 0 Å². The van der Waals surface area contributed by atoms with E-state index in [1.54, 1.807) is 19.1 Å². The maximum Gasteiger partial charge on any atom is 0.269 e. The minimum absolute atomic E-state index is 0.0761. The van der Waals surface area contributed by atoms with Crippen LogP contribution in [0.3, 0.4) is 0 Å². The van der Waals surface area contributed by atoms with Crippen molar-refractivity contribution < 1.29 is 10.0 Å². The third kappa shape index (κ3) is 2.86. The highest BCUT2D eigenvalue weighted by atomic mass is 35.5. The Morgan fingerprint density at radius 2 is 2.30 bits per heavy atom. The zero-order valence-corrected chi connectivity index (χ0v) is 11.9. The van der Waals surface area contributed by atoms with Crippen molar-refractivity contribution in [3.63, 3.8) is 0 Å². The summed E-state index contributed by atoms with van der Waals surface area (Å²) in [7, 11) is 0. The molecule has 1 heterocycles. The third-order valence-corrected chi connectivity index (χ3v) is 3.63. The zero-order chi connectivity index (χ0) is 14.7. The summed E-state index contributed by atoms with van der Waals surface area (Å²) in [5.41, 5.74) is 6.82. The summed E-state index contributed by atoms with van der Waals surface area (Å²) in [6.07, 6.45) is 0. The Kier molecular flexibility index (Phi) is 4.16. The second kappa shape index (κ2) is 5.85. The number of carbonyl (C=O) groups is 1. The predicted molar refractivity (Wildman–Crippen MR) is 76.6 cm³/mol. The lowest BCUT2D eigenvalue weighted by molar-refractivity contribution is 0.103. The zero-order valence-electron chi connectivity index (χ0n) is 10.3. The molecule has 0 unspecified atom stereocenters. The number of benzene rings is 1. The number of rotatable bonds is 3. The van der Waals surface area contributed by atoms with E-state index >= 15 is 0 Å². The van der Waals surface area contributed by atoms with E-state index in [-0.39, 0.29) is 11.7 Å². The summed E-state index contributed by atoms with van der Waals surface area (Å²) in [6, 6.07) is 4.63. The number of carbonyl (C=O) groups excluding carboxylic acids is 1. The molecule has 0 fully saturated rings. The number of halogens is 1. The molecule has 1 aromatic heterocycles. The number of oxime groups is 1. The lowest BCUT2D eigenvalue weighted by Crippen LogP contribution is -2.15. The Bertz CT molecular complexity index is 685. The molecule has 1 amide bonds. The number of hydrogen-bond donors (Lipinski definition) is 3. The molecule has 0 aliphatic heterocycles. The van der Waals surface area contributed by atoms with E-state index < -0.39 is 0 Å². The molecule has 0 bridgehead atoms. The highest BCUT2D eigenvalue weighted by molar-refractivity contribution is 7.08. The molecule has 104 valence electrons. The van der Waals surface area contributed by atoms with Gasteiger partial charge in [-0.2, -0.15) is 0 Å². The molecule has 0 atom stereocenters. The fraction of sp³-hybridized carbons (Fsp3) is 0.0909. The van der Waals surface area contributed by atoms with Crippen molar-refractivity contribution in [3.05, 3.63) is 39.4 Å². The van der Waals surface area contributed by atoms with Crippen molar-refractivity contribution in [3.8, 4) is 0 Å². The van der Waals surface area contributed by atoms with E-state index in [4.69, 9.17) is 22.5 Å². The summed E-state index contributed by atoms with van der Waals surface area (Å²) in [5.74, 6) is -0.441. The summed E-state index contributed by atoms with van der Waals surface area (Å²) >= 11 is 7.00. The fourth-order valence-electron chi connectivity index (χ4n) is 1.46. The highest BCUT2D eigenvalue weighted by Gasteiger charge is 2.15. The molecule has 0 saturated carbocycles. The van der Waals surface area contributed by atoms with E-state index in [0.717, 1.165) is 11.5 Å². The monoisotopic (exact) mass is 311 g/mol. The van der Waals surface area contributed by atoms with Gasteiger partial charge in [0.1, 0.15) is 4.88 Å². The summed E-state index contributed by atoms with van der Waals surface area (Å²) in [5, 5.41) is 18.3. The van der Waals surface area contributed by atoms with Crippen LogP contribution in [0.25, 0.3) is 0 Å². The van der Waals surface area contributed by atoms with Crippen LogP contribution in [-0.2, 0) is 0 Å². The average Bonchev–Trinajstić information content (AvgIpc) is 2.86. The van der Waals surface area contributed by atoms with Gasteiger partial charge < -0.3 is 16.3 Å². The summed E-state index contributed by atoms with van der Waals surface area (Å²) in [6.45, 7) is 1.69. The molecule has 1 aromatic carbocycles. The number of nitrogens with zero attached hydrogens (tertiary/aromatic N) is 3. The van der Waals surface area contributed by atoms with Crippen molar-refractivity contribution in [1.82, 2.24) is 9.59 Å². The minimum atomic E-state index is -0.365. The lowest BCUT2D eigenvalue weighted by atomic mass is 10.2. The molecule has 0 aliphatic carbocycles. The Hall–Kier alpha value is -2.19. The lowest BCUT2D eigenvalue weighted by Gasteiger charge is -2.08. The molecule has 9 heteroatoms. The second-order valence-electron chi connectivity index (χ2n) is 3.82. The number of nitrogens with two attached hydrogens (primary N) is 1. The van der Waals surface area contributed by atoms with Gasteiger partial charge in [0.2, 0.25) is 0 Å². The van der Waals surface area contributed by atoms with Crippen LogP contribution < -0.4 is 11.1 Å². The molecule has 20 heavy (non-hydrogen) atoms. The average molecular weight is 312 g/mol. The normalized spacial score (nSPS) is 11.4. The van der Waals surface area contributed by atoms with Crippen LogP contribution in [0.4, 0.5) is 5.69 Å². The number of anilines is 1. The molecule has 7 nitrogen and oxygen atoms in total. The molecule has 2 rings (SSSR count). The number of hydrogen-bond acceptors (Lipinski definition) is 6. The molecule has 4 N–H and O–H groups in total. The van der Waals surface area contributed by atoms with Gasteiger partial charge in [0.15, 0.2) is 5.84 Å². The Balaban J connectivity index is 2.29. The van der Waals surface area contributed by atoms with Gasteiger partial charge in [-0.05, 0) is 36.7 Å². The van der Waals surface area contributed by atoms with Crippen LogP contribution in [0.2, 0.25) is 5.02 Å². The van der Waals surface area contributed by atoms with Crippen molar-refractivity contribution >= 4 is 40.6 Å². The van der Waals surface area contributed by atoms with Crippen molar-refractivity contribution in [1.29, 1.82) is 0 Å². The standard InChI is InChI=1S/C11H10ClN5O2S/c1-5-9(20-17-15-5)11(18)14-8-4-6(10(13)16-19)2-3-7(8)12/h2-4,19H,1H3,(H2,13,16)(H,14,18). The number of amides is 1. The largest absolute Gasteiger partial charge is 0.409 e. The first kappa shape index (κ1) is 14.2. The molecule has 0 spiro atoms. The smallest absolute Gasteiger partial charge is 0.269 e. The van der Waals surface area contributed by atoms with Gasteiger partial charge in [0.25, 0.3) is 5.91 Å². The van der Waals surface area contributed by atoms with Crippen LogP contribution in [0.15, 0.2) is 23.4 Å². The summed E-state index contributed by atoms with van der Waals surface area (Å²) < 4.78 is 3.69. The van der Waals surface area contributed by atoms with Gasteiger partial charge in [0, 0.05) is 5.56 Å². The molecule has 0 saturated heterocycles. The SMILES string of the molecule is Cc1nnsc1C(=O)Nc1cc(/C(N)=N/O)ccc1Cl. The Morgan fingerprint density at radius 3 is 2.90 bits per heavy atom. The van der Waals surface area contributed by atoms with Crippen LogP contribution in [0.1, 0.15) is 20.9 Å². The van der Waals surface area contributed by atoms with E-state index in [1.165, 1.54) is 6.07 Å². The number of nitrogens with one attached hydrogen (secondary N) is 1. The van der Waals surface area contributed by atoms with Gasteiger partial charge in [-0.3, -0.25) is 4.79 Å². The van der Waals surface area contributed by atoms with E-state index in [9.17, 15) is 4.79 Å². The number of amidine groups is 1. The maximum atomic E-state index is 12.0. The molecule has 0 radical (unpaired) electrons. The van der Waals surface area contributed by atoms with Gasteiger partial charge >= 0.3 is 0 Å². The molecule has 2 aromatic rings. The van der Waals surface area contributed by atoms with E-state index in [2.05, 4.69) is 20.1 Å². The van der Waals surface area contributed by atoms with Gasteiger partial charge in [0.05, 0.1) is 16.4 Å². The first-order chi connectivity index (χ1) is 9.52. The Labute approximate surface area is 123 Å². The third-order valence-electron chi connectivity index (χ3n) is 2.48. The topological polar surface area (TPSA) is 113 Å². The van der Waals surface area contributed by atoms with Crippen LogP contribution in [0.5, 0.6) is 0 Å². The minimum Gasteiger partial charge on any atom is -0.409 e. The van der Waals surface area contributed by atoms with Crippen LogP contribution >= 0.6 is 23.1 Å².